The number of primary amides is 1. The highest BCUT2D eigenvalue weighted by atomic mass is 32.1. The number of ether oxygens (including phenoxy) is 1. The summed E-state index contributed by atoms with van der Waals surface area (Å²) in [7, 11) is 0. The summed E-state index contributed by atoms with van der Waals surface area (Å²) in [5.74, 6) is 0.753. The van der Waals surface area contributed by atoms with Gasteiger partial charge >= 0.3 is 6.03 Å². The molecule has 0 unspecified atom stereocenters. The van der Waals surface area contributed by atoms with E-state index in [0.717, 1.165) is 23.5 Å². The Kier molecular flexibility index (Phi) is 5.15. The van der Waals surface area contributed by atoms with Crippen molar-refractivity contribution >= 4 is 27.7 Å². The summed E-state index contributed by atoms with van der Waals surface area (Å²) in [4.78, 5) is 24.3. The quantitative estimate of drug-likeness (QED) is 0.729. The summed E-state index contributed by atoms with van der Waals surface area (Å²) in [5, 5.41) is 0.589. The number of carbonyl (C=O) groups is 1. The van der Waals surface area contributed by atoms with Crippen LogP contribution < -0.4 is 10.5 Å². The molecule has 1 aliphatic heterocycles. The van der Waals surface area contributed by atoms with Crippen LogP contribution in [0.15, 0.2) is 42.6 Å². The number of hydrogen-bond donors (Lipinski definition) is 1. The normalized spacial score (nSPS) is 20.4. The van der Waals surface area contributed by atoms with Gasteiger partial charge in [-0.2, -0.15) is 4.98 Å². The maximum Gasteiger partial charge on any atom is 0.315 e. The Hall–Kier alpha value is -2.71. The van der Waals surface area contributed by atoms with Crippen LogP contribution in [0.25, 0.3) is 10.3 Å². The number of urea groups is 1. The highest BCUT2D eigenvalue weighted by Gasteiger charge is 2.30. The summed E-state index contributed by atoms with van der Waals surface area (Å²) < 4.78 is 6.89. The minimum atomic E-state index is -0.342. The number of aromatic nitrogens is 2. The first kappa shape index (κ1) is 18.6. The van der Waals surface area contributed by atoms with Crippen LogP contribution in [-0.4, -0.2) is 51.0 Å². The van der Waals surface area contributed by atoms with E-state index in [1.165, 1.54) is 16.9 Å². The molecule has 0 spiro atoms. The van der Waals surface area contributed by atoms with Crippen molar-refractivity contribution in [2.24, 2.45) is 5.73 Å². The average molecular weight is 398 g/mol. The highest BCUT2D eigenvalue weighted by molar-refractivity contribution is 7.20. The first-order chi connectivity index (χ1) is 13.5. The molecular formula is C20H23N5O2S. The zero-order valence-electron chi connectivity index (χ0n) is 15.9. The molecule has 8 heteroatoms. The van der Waals surface area contributed by atoms with Gasteiger partial charge < -0.3 is 15.4 Å². The largest absolute Gasteiger partial charge is 0.431 e. The van der Waals surface area contributed by atoms with Crippen LogP contribution in [0.3, 0.4) is 0 Å². The molecule has 0 bridgehead atoms. The van der Waals surface area contributed by atoms with E-state index in [9.17, 15) is 4.79 Å². The number of nitrogens with zero attached hydrogens (tertiary/aromatic N) is 4. The van der Waals surface area contributed by atoms with E-state index < -0.39 is 0 Å². The van der Waals surface area contributed by atoms with Crippen molar-refractivity contribution in [3.63, 3.8) is 0 Å². The monoisotopic (exact) mass is 397 g/mol. The van der Waals surface area contributed by atoms with E-state index in [-0.39, 0.29) is 18.1 Å². The summed E-state index contributed by atoms with van der Waals surface area (Å²) in [6.07, 6.45) is 1.73. The summed E-state index contributed by atoms with van der Waals surface area (Å²) in [6.45, 7) is 6.45. The van der Waals surface area contributed by atoms with E-state index in [0.29, 0.717) is 17.4 Å². The standard InChI is InChI=1S/C20H23N5O2S/c1-13-11-25(19(21)26)14(2)10-24(13)12-15-5-7-16(8-6-15)27-20-23-18-17(28-20)4-3-9-22-18/h3-9,13-14H,10-12H2,1-2H3,(H2,21,26)/t13-,14-/m0/s1. The maximum absolute atomic E-state index is 11.5. The van der Waals surface area contributed by atoms with E-state index >= 15 is 0 Å². The van der Waals surface area contributed by atoms with Gasteiger partial charge in [-0.05, 0) is 43.7 Å². The highest BCUT2D eigenvalue weighted by Crippen LogP contribution is 2.30. The molecule has 1 aliphatic rings. The maximum atomic E-state index is 11.5. The number of nitrogens with two attached hydrogens (primary N) is 1. The lowest BCUT2D eigenvalue weighted by Gasteiger charge is -2.43. The molecule has 3 aromatic rings. The van der Waals surface area contributed by atoms with Crippen molar-refractivity contribution in [2.75, 3.05) is 13.1 Å². The third kappa shape index (κ3) is 3.93. The Morgan fingerprint density at radius 2 is 2.00 bits per heavy atom. The number of fused-ring (bicyclic) bond motifs is 1. The topological polar surface area (TPSA) is 84.6 Å². The molecule has 146 valence electrons. The van der Waals surface area contributed by atoms with E-state index in [1.54, 1.807) is 11.1 Å². The Morgan fingerprint density at radius 3 is 2.71 bits per heavy atom. The second-order valence-corrected chi connectivity index (χ2v) is 8.16. The third-order valence-electron chi connectivity index (χ3n) is 5.06. The molecule has 1 fully saturated rings. The SMILES string of the molecule is C[C@H]1CN(C(N)=O)[C@@H](C)CN1Cc1ccc(Oc2nc3ncccc3s2)cc1. The van der Waals surface area contributed by atoms with E-state index in [2.05, 4.69) is 33.9 Å². The van der Waals surface area contributed by atoms with Crippen LogP contribution in [0.2, 0.25) is 0 Å². The Bertz CT molecular complexity index is 941. The number of rotatable bonds is 4. The first-order valence-corrected chi connectivity index (χ1v) is 10.1. The van der Waals surface area contributed by atoms with Gasteiger partial charge in [-0.3, -0.25) is 4.90 Å². The minimum absolute atomic E-state index is 0.115. The van der Waals surface area contributed by atoms with E-state index in [1.807, 2.05) is 31.2 Å². The van der Waals surface area contributed by atoms with Gasteiger partial charge in [-0.25, -0.2) is 9.78 Å². The van der Waals surface area contributed by atoms with Crippen molar-refractivity contribution < 1.29 is 9.53 Å². The molecule has 2 atom stereocenters. The summed E-state index contributed by atoms with van der Waals surface area (Å²) in [5.41, 5.74) is 7.37. The summed E-state index contributed by atoms with van der Waals surface area (Å²) in [6, 6.07) is 12.0. The molecule has 4 rings (SSSR count). The zero-order valence-corrected chi connectivity index (χ0v) is 16.7. The number of benzene rings is 1. The van der Waals surface area contributed by atoms with Gasteiger partial charge in [0, 0.05) is 37.9 Å². The number of pyridine rings is 1. The van der Waals surface area contributed by atoms with Gasteiger partial charge in [-0.15, -0.1) is 0 Å². The van der Waals surface area contributed by atoms with Crippen LogP contribution in [0, 0.1) is 0 Å². The molecule has 7 nitrogen and oxygen atoms in total. The molecule has 3 heterocycles. The fourth-order valence-corrected chi connectivity index (χ4v) is 4.31. The lowest BCUT2D eigenvalue weighted by molar-refractivity contribution is 0.0612. The number of hydrogen-bond acceptors (Lipinski definition) is 6. The molecule has 0 radical (unpaired) electrons. The number of carbonyl (C=O) groups excluding carboxylic acids is 1. The second-order valence-electron chi connectivity index (χ2n) is 7.17. The Morgan fingerprint density at radius 1 is 1.21 bits per heavy atom. The molecule has 1 saturated heterocycles. The van der Waals surface area contributed by atoms with Gasteiger partial charge in [0.25, 0.3) is 5.19 Å². The van der Waals surface area contributed by atoms with Gasteiger partial charge in [0.15, 0.2) is 5.65 Å². The molecular weight excluding hydrogens is 374 g/mol. The Balaban J connectivity index is 1.40. The molecule has 2 aromatic heterocycles. The van der Waals surface area contributed by atoms with Gasteiger partial charge in [-0.1, -0.05) is 23.5 Å². The second kappa shape index (κ2) is 7.73. The molecule has 0 aliphatic carbocycles. The predicted molar refractivity (Wildman–Crippen MR) is 110 cm³/mol. The average Bonchev–Trinajstić information content (AvgIpc) is 3.08. The molecule has 1 aromatic carbocycles. The number of piperazine rings is 1. The third-order valence-corrected chi connectivity index (χ3v) is 5.95. The van der Waals surface area contributed by atoms with Crippen molar-refractivity contribution in [2.45, 2.75) is 32.5 Å². The van der Waals surface area contributed by atoms with Crippen LogP contribution >= 0.6 is 11.3 Å². The van der Waals surface area contributed by atoms with Crippen molar-refractivity contribution in [3.05, 3.63) is 48.2 Å². The lowest BCUT2D eigenvalue weighted by atomic mass is 10.1. The molecule has 28 heavy (non-hydrogen) atoms. The smallest absolute Gasteiger partial charge is 0.315 e. The minimum Gasteiger partial charge on any atom is -0.431 e. The van der Waals surface area contributed by atoms with Gasteiger partial charge in [0.1, 0.15) is 5.75 Å². The summed E-state index contributed by atoms with van der Waals surface area (Å²) >= 11 is 1.48. The zero-order chi connectivity index (χ0) is 19.7. The number of thiazole rings is 1. The van der Waals surface area contributed by atoms with Gasteiger partial charge in [0.2, 0.25) is 0 Å². The van der Waals surface area contributed by atoms with Crippen LogP contribution in [0.1, 0.15) is 19.4 Å². The molecule has 2 N–H and O–H groups in total. The lowest BCUT2D eigenvalue weighted by Crippen LogP contribution is -2.58. The van der Waals surface area contributed by atoms with E-state index in [4.69, 9.17) is 10.5 Å². The van der Waals surface area contributed by atoms with Crippen molar-refractivity contribution in [3.8, 4) is 10.9 Å². The van der Waals surface area contributed by atoms with Gasteiger partial charge in [0.05, 0.1) is 4.70 Å². The van der Waals surface area contributed by atoms with Crippen LogP contribution in [-0.2, 0) is 6.54 Å². The fraction of sp³-hybridized carbons (Fsp3) is 0.350. The van der Waals surface area contributed by atoms with Crippen LogP contribution in [0.5, 0.6) is 10.9 Å². The Labute approximate surface area is 167 Å². The first-order valence-electron chi connectivity index (χ1n) is 9.28. The predicted octanol–water partition coefficient (Wildman–Crippen LogP) is 3.46. The molecule has 0 saturated carbocycles. The number of amides is 2. The van der Waals surface area contributed by atoms with Crippen LogP contribution in [0.4, 0.5) is 4.79 Å². The fourth-order valence-electron chi connectivity index (χ4n) is 3.52. The van der Waals surface area contributed by atoms with Crippen molar-refractivity contribution in [1.29, 1.82) is 0 Å². The van der Waals surface area contributed by atoms with Crippen molar-refractivity contribution in [1.82, 2.24) is 19.8 Å². The molecule has 2 amide bonds.